The van der Waals surface area contributed by atoms with E-state index in [0.29, 0.717) is 6.54 Å². The van der Waals surface area contributed by atoms with Gasteiger partial charge in [-0.3, -0.25) is 0 Å². The maximum absolute atomic E-state index is 10.7. The number of aryl methyl sites for hydroxylation is 2. The highest BCUT2D eigenvalue weighted by molar-refractivity contribution is 7.11. The van der Waals surface area contributed by atoms with Crippen LogP contribution in [0.5, 0.6) is 0 Å². The van der Waals surface area contributed by atoms with E-state index in [-0.39, 0.29) is 5.01 Å². The van der Waals surface area contributed by atoms with Crippen LogP contribution in [0.25, 0.3) is 0 Å². The molecular weight excluding hydrogens is 248 g/mol. The highest BCUT2D eigenvalue weighted by atomic mass is 32.1. The van der Waals surface area contributed by atoms with E-state index >= 15 is 0 Å². The van der Waals surface area contributed by atoms with Crippen LogP contribution in [0, 0.1) is 13.8 Å². The van der Waals surface area contributed by atoms with Crippen LogP contribution in [0.4, 0.5) is 5.69 Å². The molecule has 0 aliphatic carbocycles. The van der Waals surface area contributed by atoms with E-state index in [0.717, 1.165) is 22.7 Å². The second kappa shape index (κ2) is 5.18. The van der Waals surface area contributed by atoms with Gasteiger partial charge in [0, 0.05) is 11.1 Å². The van der Waals surface area contributed by atoms with Crippen LogP contribution in [0.15, 0.2) is 23.6 Å². The first kappa shape index (κ1) is 12.6. The van der Waals surface area contributed by atoms with Crippen molar-refractivity contribution in [1.29, 1.82) is 0 Å². The number of benzene rings is 1. The number of rotatable bonds is 4. The van der Waals surface area contributed by atoms with Gasteiger partial charge in [-0.1, -0.05) is 6.07 Å². The molecule has 0 atom stereocenters. The summed E-state index contributed by atoms with van der Waals surface area (Å²) >= 11 is 1.15. The standard InChI is InChI=1S/C13H14N2O2S/c1-8-3-4-10(5-9(8)2)14-6-11-7-18-12(15-11)13(16)17/h3-5,7,14H,6H2,1-2H3,(H,16,17). The zero-order valence-corrected chi connectivity index (χ0v) is 11.0. The largest absolute Gasteiger partial charge is 0.476 e. The molecule has 0 unspecified atom stereocenters. The summed E-state index contributed by atoms with van der Waals surface area (Å²) in [5.74, 6) is -0.975. The monoisotopic (exact) mass is 262 g/mol. The molecule has 0 saturated carbocycles. The van der Waals surface area contributed by atoms with Crippen molar-refractivity contribution in [2.24, 2.45) is 0 Å². The van der Waals surface area contributed by atoms with Crippen LogP contribution in [-0.2, 0) is 6.54 Å². The Morgan fingerprint density at radius 2 is 2.17 bits per heavy atom. The summed E-state index contributed by atoms with van der Waals surface area (Å²) in [7, 11) is 0. The van der Waals surface area contributed by atoms with Crippen LogP contribution < -0.4 is 5.32 Å². The smallest absolute Gasteiger partial charge is 0.365 e. The summed E-state index contributed by atoms with van der Waals surface area (Å²) in [5, 5.41) is 13.9. The third-order valence-electron chi connectivity index (χ3n) is 2.72. The number of nitrogens with zero attached hydrogens (tertiary/aromatic N) is 1. The molecule has 0 amide bonds. The molecule has 2 aromatic rings. The Morgan fingerprint density at radius 3 is 2.78 bits per heavy atom. The summed E-state index contributed by atoms with van der Waals surface area (Å²) in [5.41, 5.74) is 4.24. The van der Waals surface area contributed by atoms with E-state index < -0.39 is 5.97 Å². The Kier molecular flexibility index (Phi) is 3.62. The number of aromatic nitrogens is 1. The number of hydrogen-bond donors (Lipinski definition) is 2. The van der Waals surface area contributed by atoms with Crippen molar-refractivity contribution < 1.29 is 9.90 Å². The molecular formula is C13H14N2O2S. The Bertz CT molecular complexity index is 578. The fourth-order valence-electron chi connectivity index (χ4n) is 1.53. The number of hydrogen-bond acceptors (Lipinski definition) is 4. The van der Waals surface area contributed by atoms with Crippen LogP contribution in [0.3, 0.4) is 0 Å². The van der Waals surface area contributed by atoms with Gasteiger partial charge in [-0.05, 0) is 37.1 Å². The second-order valence-corrected chi connectivity index (χ2v) is 4.96. The van der Waals surface area contributed by atoms with E-state index in [1.54, 1.807) is 5.38 Å². The molecule has 18 heavy (non-hydrogen) atoms. The van der Waals surface area contributed by atoms with Crippen molar-refractivity contribution in [2.75, 3.05) is 5.32 Å². The Balaban J connectivity index is 2.02. The van der Waals surface area contributed by atoms with Gasteiger partial charge in [-0.15, -0.1) is 11.3 Å². The van der Waals surface area contributed by atoms with E-state index in [9.17, 15) is 4.79 Å². The van der Waals surface area contributed by atoms with Crippen LogP contribution in [0.1, 0.15) is 26.6 Å². The second-order valence-electron chi connectivity index (χ2n) is 4.10. The summed E-state index contributed by atoms with van der Waals surface area (Å²) in [4.78, 5) is 14.7. The maximum Gasteiger partial charge on any atom is 0.365 e. The number of thiazole rings is 1. The molecule has 1 aromatic carbocycles. The zero-order chi connectivity index (χ0) is 13.1. The van der Waals surface area contributed by atoms with E-state index in [1.807, 2.05) is 6.07 Å². The van der Waals surface area contributed by atoms with Crippen molar-refractivity contribution in [2.45, 2.75) is 20.4 Å². The minimum absolute atomic E-state index is 0.131. The number of aromatic carboxylic acids is 1. The Morgan fingerprint density at radius 1 is 1.39 bits per heavy atom. The summed E-state index contributed by atoms with van der Waals surface area (Å²) in [6.45, 7) is 4.66. The molecule has 0 aliphatic heterocycles. The molecule has 2 rings (SSSR count). The lowest BCUT2D eigenvalue weighted by Gasteiger charge is -2.07. The first-order valence-corrected chi connectivity index (χ1v) is 6.43. The van der Waals surface area contributed by atoms with Crippen molar-refractivity contribution in [3.05, 3.63) is 45.4 Å². The molecule has 5 heteroatoms. The lowest BCUT2D eigenvalue weighted by Crippen LogP contribution is -2.02. The topological polar surface area (TPSA) is 62.2 Å². The highest BCUT2D eigenvalue weighted by Crippen LogP contribution is 2.16. The summed E-state index contributed by atoms with van der Waals surface area (Å²) < 4.78 is 0. The molecule has 4 nitrogen and oxygen atoms in total. The molecule has 0 fully saturated rings. The summed E-state index contributed by atoms with van der Waals surface area (Å²) in [6, 6.07) is 6.13. The fraction of sp³-hybridized carbons (Fsp3) is 0.231. The van der Waals surface area contributed by atoms with Gasteiger partial charge < -0.3 is 10.4 Å². The third-order valence-corrected chi connectivity index (χ3v) is 3.59. The van der Waals surface area contributed by atoms with Crippen molar-refractivity contribution in [1.82, 2.24) is 4.98 Å². The molecule has 0 aliphatic rings. The van der Waals surface area contributed by atoms with Gasteiger partial charge >= 0.3 is 5.97 Å². The maximum atomic E-state index is 10.7. The number of carboxylic acids is 1. The number of carboxylic acid groups (broad SMARTS) is 1. The van der Waals surface area contributed by atoms with Crippen LogP contribution >= 0.6 is 11.3 Å². The fourth-order valence-corrected chi connectivity index (χ4v) is 2.18. The Labute approximate surface area is 109 Å². The van der Waals surface area contributed by atoms with E-state index in [2.05, 4.69) is 36.3 Å². The van der Waals surface area contributed by atoms with Crippen molar-refractivity contribution >= 4 is 23.0 Å². The van der Waals surface area contributed by atoms with Crippen LogP contribution in [-0.4, -0.2) is 16.1 Å². The first-order chi connectivity index (χ1) is 8.56. The van der Waals surface area contributed by atoms with Gasteiger partial charge in [0.05, 0.1) is 12.2 Å². The molecule has 0 radical (unpaired) electrons. The predicted molar refractivity (Wildman–Crippen MR) is 72.3 cm³/mol. The molecule has 1 aromatic heterocycles. The van der Waals surface area contributed by atoms with Crippen molar-refractivity contribution in [3.8, 4) is 0 Å². The molecule has 94 valence electrons. The summed E-state index contributed by atoms with van der Waals surface area (Å²) in [6.07, 6.45) is 0. The molecule has 0 bridgehead atoms. The van der Waals surface area contributed by atoms with Gasteiger partial charge in [0.2, 0.25) is 5.01 Å². The molecule has 1 heterocycles. The van der Waals surface area contributed by atoms with Gasteiger partial charge in [0.15, 0.2) is 0 Å². The van der Waals surface area contributed by atoms with E-state index in [1.165, 1.54) is 11.1 Å². The van der Waals surface area contributed by atoms with Crippen molar-refractivity contribution in [3.63, 3.8) is 0 Å². The van der Waals surface area contributed by atoms with Gasteiger partial charge in [0.1, 0.15) is 0 Å². The number of nitrogens with one attached hydrogen (secondary N) is 1. The number of carbonyl (C=O) groups is 1. The number of anilines is 1. The average molecular weight is 262 g/mol. The third kappa shape index (κ3) is 2.87. The molecule has 0 saturated heterocycles. The predicted octanol–water partition coefficient (Wildman–Crippen LogP) is 3.07. The van der Waals surface area contributed by atoms with Gasteiger partial charge in [0.25, 0.3) is 0 Å². The van der Waals surface area contributed by atoms with Gasteiger partial charge in [-0.2, -0.15) is 0 Å². The van der Waals surface area contributed by atoms with E-state index in [4.69, 9.17) is 5.11 Å². The lowest BCUT2D eigenvalue weighted by atomic mass is 10.1. The minimum Gasteiger partial charge on any atom is -0.476 e. The highest BCUT2D eigenvalue weighted by Gasteiger charge is 2.08. The zero-order valence-electron chi connectivity index (χ0n) is 10.2. The molecule has 2 N–H and O–H groups in total. The Hall–Kier alpha value is -1.88. The lowest BCUT2D eigenvalue weighted by molar-refractivity contribution is 0.0696. The first-order valence-electron chi connectivity index (χ1n) is 5.55. The van der Waals surface area contributed by atoms with Crippen LogP contribution in [0.2, 0.25) is 0 Å². The SMILES string of the molecule is Cc1ccc(NCc2csc(C(=O)O)n2)cc1C. The quantitative estimate of drug-likeness (QED) is 0.889. The molecule has 0 spiro atoms. The minimum atomic E-state index is -0.975. The normalized spacial score (nSPS) is 10.3. The average Bonchev–Trinajstić information content (AvgIpc) is 2.79. The van der Waals surface area contributed by atoms with Gasteiger partial charge in [-0.25, -0.2) is 9.78 Å².